The zero-order chi connectivity index (χ0) is 11.8. The predicted octanol–water partition coefficient (Wildman–Crippen LogP) is 2.14. The summed E-state index contributed by atoms with van der Waals surface area (Å²) in [5.41, 5.74) is 3.58. The normalized spacial score (nSPS) is 21.4. The third kappa shape index (κ3) is 2.20. The molecule has 2 aromatic heterocycles. The Morgan fingerprint density at radius 3 is 3.00 bits per heavy atom. The molecule has 3 heterocycles. The molecule has 3 heteroatoms. The quantitative estimate of drug-likeness (QED) is 0.786. The van der Waals surface area contributed by atoms with Crippen LogP contribution in [0.3, 0.4) is 0 Å². The van der Waals surface area contributed by atoms with E-state index < -0.39 is 0 Å². The molecule has 1 fully saturated rings. The Bertz CT molecular complexity index is 529. The first kappa shape index (κ1) is 10.8. The molecule has 1 unspecified atom stereocenters. The molecule has 0 bridgehead atoms. The number of pyridine rings is 1. The standard InChI is InChI=1S/C14H19N3/c1-11-3-4-14-15-13(10-17(14)8-11)7-12-5-6-16(2)9-12/h3-4,8,10,12H,5-7,9H2,1-2H3. The van der Waals surface area contributed by atoms with Crippen LogP contribution >= 0.6 is 0 Å². The van der Waals surface area contributed by atoms with Crippen molar-refractivity contribution in [1.29, 1.82) is 0 Å². The van der Waals surface area contributed by atoms with Crippen LogP contribution in [-0.2, 0) is 6.42 Å². The van der Waals surface area contributed by atoms with Crippen molar-refractivity contribution >= 4 is 5.65 Å². The Hall–Kier alpha value is -1.35. The zero-order valence-electron chi connectivity index (χ0n) is 10.6. The maximum Gasteiger partial charge on any atom is 0.136 e. The van der Waals surface area contributed by atoms with E-state index in [9.17, 15) is 0 Å². The molecule has 1 aliphatic heterocycles. The van der Waals surface area contributed by atoms with E-state index in [0.29, 0.717) is 0 Å². The summed E-state index contributed by atoms with van der Waals surface area (Å²) in [5, 5.41) is 0. The molecule has 0 N–H and O–H groups in total. The summed E-state index contributed by atoms with van der Waals surface area (Å²) >= 11 is 0. The van der Waals surface area contributed by atoms with Gasteiger partial charge in [-0.05, 0) is 50.9 Å². The molecule has 17 heavy (non-hydrogen) atoms. The summed E-state index contributed by atoms with van der Waals surface area (Å²) < 4.78 is 2.14. The van der Waals surface area contributed by atoms with Crippen LogP contribution in [-0.4, -0.2) is 34.4 Å². The van der Waals surface area contributed by atoms with Crippen LogP contribution in [0.2, 0.25) is 0 Å². The molecule has 0 spiro atoms. The minimum Gasteiger partial charge on any atom is -0.307 e. The summed E-state index contributed by atoms with van der Waals surface area (Å²) in [5.74, 6) is 0.783. The monoisotopic (exact) mass is 229 g/mol. The Morgan fingerprint density at radius 1 is 1.35 bits per heavy atom. The molecular weight excluding hydrogens is 210 g/mol. The average molecular weight is 229 g/mol. The number of aryl methyl sites for hydroxylation is 1. The smallest absolute Gasteiger partial charge is 0.136 e. The number of imidazole rings is 1. The summed E-state index contributed by atoms with van der Waals surface area (Å²) in [6.45, 7) is 4.56. The van der Waals surface area contributed by atoms with Gasteiger partial charge in [-0.3, -0.25) is 0 Å². The van der Waals surface area contributed by atoms with Gasteiger partial charge in [0.1, 0.15) is 5.65 Å². The number of hydrogen-bond acceptors (Lipinski definition) is 2. The summed E-state index contributed by atoms with van der Waals surface area (Å²) in [7, 11) is 2.20. The Morgan fingerprint density at radius 2 is 2.24 bits per heavy atom. The topological polar surface area (TPSA) is 20.5 Å². The third-order valence-corrected chi connectivity index (χ3v) is 3.64. The Kier molecular flexibility index (Phi) is 2.63. The van der Waals surface area contributed by atoms with Crippen LogP contribution in [0.15, 0.2) is 24.5 Å². The molecule has 0 saturated carbocycles. The lowest BCUT2D eigenvalue weighted by Crippen LogP contribution is -2.15. The van der Waals surface area contributed by atoms with Gasteiger partial charge in [0, 0.05) is 18.9 Å². The van der Waals surface area contributed by atoms with Gasteiger partial charge in [0.15, 0.2) is 0 Å². The zero-order valence-corrected chi connectivity index (χ0v) is 10.6. The number of likely N-dealkylation sites (tertiary alicyclic amines) is 1. The largest absolute Gasteiger partial charge is 0.307 e. The molecule has 0 aromatic carbocycles. The number of hydrogen-bond donors (Lipinski definition) is 0. The molecule has 3 rings (SSSR count). The van der Waals surface area contributed by atoms with Gasteiger partial charge in [0.05, 0.1) is 5.69 Å². The van der Waals surface area contributed by atoms with E-state index in [1.165, 1.54) is 30.8 Å². The van der Waals surface area contributed by atoms with Crippen molar-refractivity contribution in [3.05, 3.63) is 35.8 Å². The van der Waals surface area contributed by atoms with Crippen molar-refractivity contribution in [2.75, 3.05) is 20.1 Å². The van der Waals surface area contributed by atoms with Crippen molar-refractivity contribution in [3.63, 3.8) is 0 Å². The van der Waals surface area contributed by atoms with Crippen molar-refractivity contribution in [3.8, 4) is 0 Å². The predicted molar refractivity (Wildman–Crippen MR) is 69.2 cm³/mol. The first-order valence-corrected chi connectivity index (χ1v) is 6.33. The van der Waals surface area contributed by atoms with E-state index in [1.807, 2.05) is 0 Å². The van der Waals surface area contributed by atoms with E-state index in [0.717, 1.165) is 18.0 Å². The minimum atomic E-state index is 0.783. The molecule has 1 atom stereocenters. The summed E-state index contributed by atoms with van der Waals surface area (Å²) in [6, 6.07) is 4.22. The van der Waals surface area contributed by atoms with E-state index >= 15 is 0 Å². The van der Waals surface area contributed by atoms with Crippen LogP contribution in [0.1, 0.15) is 17.7 Å². The fourth-order valence-corrected chi connectivity index (χ4v) is 2.74. The van der Waals surface area contributed by atoms with Crippen LogP contribution in [0, 0.1) is 12.8 Å². The number of fused-ring (bicyclic) bond motifs is 1. The molecule has 1 aliphatic rings. The van der Waals surface area contributed by atoms with E-state index in [-0.39, 0.29) is 0 Å². The van der Waals surface area contributed by atoms with Gasteiger partial charge < -0.3 is 9.30 Å². The molecule has 0 amide bonds. The highest BCUT2D eigenvalue weighted by Gasteiger charge is 2.20. The third-order valence-electron chi connectivity index (χ3n) is 3.64. The second kappa shape index (κ2) is 4.15. The highest BCUT2D eigenvalue weighted by Crippen LogP contribution is 2.19. The first-order chi connectivity index (χ1) is 8.20. The van der Waals surface area contributed by atoms with Crippen LogP contribution < -0.4 is 0 Å². The lowest BCUT2D eigenvalue weighted by Gasteiger charge is -2.07. The summed E-state index contributed by atoms with van der Waals surface area (Å²) in [6.07, 6.45) is 6.75. The van der Waals surface area contributed by atoms with Crippen LogP contribution in [0.5, 0.6) is 0 Å². The van der Waals surface area contributed by atoms with Crippen molar-refractivity contribution in [2.45, 2.75) is 19.8 Å². The highest BCUT2D eigenvalue weighted by atomic mass is 15.1. The minimum absolute atomic E-state index is 0.783. The average Bonchev–Trinajstić information content (AvgIpc) is 2.84. The number of aromatic nitrogens is 2. The maximum atomic E-state index is 4.69. The van der Waals surface area contributed by atoms with Gasteiger partial charge in [-0.2, -0.15) is 0 Å². The molecule has 0 aliphatic carbocycles. The SMILES string of the molecule is Cc1ccc2nc(CC3CCN(C)C3)cn2c1. The fourth-order valence-electron chi connectivity index (χ4n) is 2.74. The van der Waals surface area contributed by atoms with Crippen LogP contribution in [0.4, 0.5) is 0 Å². The second-order valence-electron chi connectivity index (χ2n) is 5.33. The van der Waals surface area contributed by atoms with Gasteiger partial charge in [0.25, 0.3) is 0 Å². The van der Waals surface area contributed by atoms with Gasteiger partial charge in [-0.15, -0.1) is 0 Å². The van der Waals surface area contributed by atoms with Crippen molar-refractivity contribution in [1.82, 2.24) is 14.3 Å². The Labute approximate surface area is 102 Å². The molecule has 1 saturated heterocycles. The maximum absolute atomic E-state index is 4.69. The molecule has 3 nitrogen and oxygen atoms in total. The van der Waals surface area contributed by atoms with E-state index in [2.05, 4.69) is 52.8 Å². The molecule has 90 valence electrons. The van der Waals surface area contributed by atoms with E-state index in [4.69, 9.17) is 0 Å². The van der Waals surface area contributed by atoms with Gasteiger partial charge in [-0.25, -0.2) is 4.98 Å². The van der Waals surface area contributed by atoms with Gasteiger partial charge in [0.2, 0.25) is 0 Å². The number of rotatable bonds is 2. The number of nitrogens with zero attached hydrogens (tertiary/aromatic N) is 3. The fraction of sp³-hybridized carbons (Fsp3) is 0.500. The molecule has 0 radical (unpaired) electrons. The highest BCUT2D eigenvalue weighted by molar-refractivity contribution is 5.41. The molecular formula is C14H19N3. The van der Waals surface area contributed by atoms with Crippen molar-refractivity contribution < 1.29 is 0 Å². The lowest BCUT2D eigenvalue weighted by atomic mass is 10.0. The molecule has 2 aromatic rings. The van der Waals surface area contributed by atoms with Gasteiger partial charge >= 0.3 is 0 Å². The van der Waals surface area contributed by atoms with E-state index in [1.54, 1.807) is 0 Å². The van der Waals surface area contributed by atoms with Crippen LogP contribution in [0.25, 0.3) is 5.65 Å². The first-order valence-electron chi connectivity index (χ1n) is 6.33. The Balaban J connectivity index is 1.81. The summed E-state index contributed by atoms with van der Waals surface area (Å²) in [4.78, 5) is 7.09. The van der Waals surface area contributed by atoms with Gasteiger partial charge in [-0.1, -0.05) is 6.07 Å². The van der Waals surface area contributed by atoms with Crippen molar-refractivity contribution in [2.24, 2.45) is 5.92 Å². The second-order valence-corrected chi connectivity index (χ2v) is 5.33. The lowest BCUT2D eigenvalue weighted by molar-refractivity contribution is 0.394.